The molecular formula is C28H32N6O4S. The first kappa shape index (κ1) is 26.7. The van der Waals surface area contributed by atoms with Gasteiger partial charge in [0.25, 0.3) is 11.5 Å². The fourth-order valence-electron chi connectivity index (χ4n) is 4.67. The van der Waals surface area contributed by atoms with Gasteiger partial charge >= 0.3 is 6.09 Å². The van der Waals surface area contributed by atoms with E-state index < -0.39 is 11.7 Å². The van der Waals surface area contributed by atoms with Crippen LogP contribution in [0.2, 0.25) is 0 Å². The van der Waals surface area contributed by atoms with E-state index in [4.69, 9.17) is 9.72 Å². The van der Waals surface area contributed by atoms with E-state index in [0.29, 0.717) is 45.3 Å². The molecule has 0 spiro atoms. The number of hydrogen-bond donors (Lipinski definition) is 2. The lowest BCUT2D eigenvalue weighted by Crippen LogP contribution is -2.50. The number of benzene rings is 1. The molecular weight excluding hydrogens is 516 g/mol. The second-order valence-corrected chi connectivity index (χ2v) is 12.1. The largest absolute Gasteiger partial charge is 0.444 e. The number of ether oxygens (including phenoxy) is 1. The van der Waals surface area contributed by atoms with Crippen molar-refractivity contribution in [3.05, 3.63) is 56.7 Å². The molecule has 10 nitrogen and oxygen atoms in total. The highest BCUT2D eigenvalue weighted by Gasteiger charge is 2.29. The summed E-state index contributed by atoms with van der Waals surface area (Å²) in [6.45, 7) is 6.69. The molecule has 3 heterocycles. The van der Waals surface area contributed by atoms with Gasteiger partial charge in [-0.1, -0.05) is 18.2 Å². The number of thiophene rings is 1. The lowest BCUT2D eigenvalue weighted by molar-refractivity contribution is 0.0499. The van der Waals surface area contributed by atoms with E-state index in [0.717, 1.165) is 37.0 Å². The van der Waals surface area contributed by atoms with Crippen molar-refractivity contribution in [1.82, 2.24) is 20.2 Å². The Labute approximate surface area is 230 Å². The Balaban J connectivity index is 1.51. The van der Waals surface area contributed by atoms with E-state index in [-0.39, 0.29) is 30.1 Å². The normalized spacial score (nSPS) is 17.5. The number of rotatable bonds is 6. The molecule has 5 rings (SSSR count). The first-order chi connectivity index (χ1) is 18.6. The zero-order valence-corrected chi connectivity index (χ0v) is 23.1. The molecule has 2 fully saturated rings. The summed E-state index contributed by atoms with van der Waals surface area (Å²) in [4.78, 5) is 46.4. The number of anilines is 1. The van der Waals surface area contributed by atoms with E-state index in [1.165, 1.54) is 0 Å². The third kappa shape index (κ3) is 6.23. The van der Waals surface area contributed by atoms with Gasteiger partial charge in [-0.3, -0.25) is 14.2 Å². The number of carbonyl (C=O) groups excluding carboxylic acids is 2. The van der Waals surface area contributed by atoms with Crippen molar-refractivity contribution >= 4 is 39.5 Å². The van der Waals surface area contributed by atoms with Crippen molar-refractivity contribution in [3.63, 3.8) is 0 Å². The highest BCUT2D eigenvalue weighted by molar-refractivity contribution is 7.20. The highest BCUT2D eigenvalue weighted by Crippen LogP contribution is 2.28. The minimum absolute atomic E-state index is 0.156. The molecule has 3 aromatic rings. The molecule has 1 atom stereocenters. The first-order valence-corrected chi connectivity index (χ1v) is 14.0. The van der Waals surface area contributed by atoms with Gasteiger partial charge in [0.15, 0.2) is 0 Å². The summed E-state index contributed by atoms with van der Waals surface area (Å²) < 4.78 is 7.41. The van der Waals surface area contributed by atoms with E-state index in [1.54, 1.807) is 22.8 Å². The molecule has 0 radical (unpaired) electrons. The molecule has 2 aliphatic rings. The van der Waals surface area contributed by atoms with Gasteiger partial charge < -0.3 is 20.3 Å². The molecule has 2 N–H and O–H groups in total. The Hall–Kier alpha value is -3.91. The van der Waals surface area contributed by atoms with E-state index >= 15 is 0 Å². The number of fused-ring (bicyclic) bond motifs is 1. The molecule has 0 bridgehead atoms. The number of hydrogen-bond acceptors (Lipinski definition) is 8. The van der Waals surface area contributed by atoms with Crippen LogP contribution in [0.15, 0.2) is 35.1 Å². The summed E-state index contributed by atoms with van der Waals surface area (Å²) in [7, 11) is 0. The van der Waals surface area contributed by atoms with Crippen LogP contribution in [0.4, 0.5) is 10.7 Å². The van der Waals surface area contributed by atoms with Crippen LogP contribution in [0.3, 0.4) is 0 Å². The first-order valence-electron chi connectivity index (χ1n) is 13.2. The lowest BCUT2D eigenvalue weighted by atomic mass is 10.1. The van der Waals surface area contributed by atoms with Crippen LogP contribution in [0, 0.1) is 11.3 Å². The molecule has 1 saturated heterocycles. The minimum Gasteiger partial charge on any atom is -0.444 e. The molecule has 11 heteroatoms. The van der Waals surface area contributed by atoms with Gasteiger partial charge in [0.1, 0.15) is 10.3 Å². The number of alkyl carbamates (subject to hydrolysis) is 1. The standard InChI is InChI=1S/C28H32N6O4S/c1-28(2,3)38-27(37)31-20-9-6-12-33(16-20)26-32-21-13-22(24(35)30-19-10-11-19)39-23(21)25(36)34(26)15-18-8-5-4-7-17(18)14-29/h4-5,7-8,13,19-20H,6,9-12,15-16H2,1-3H3,(H,30,35)(H,31,37)/t20-/m1/s1. The minimum atomic E-state index is -0.609. The maximum atomic E-state index is 13.9. The van der Waals surface area contributed by atoms with E-state index in [1.807, 2.05) is 37.8 Å². The van der Waals surface area contributed by atoms with Crippen molar-refractivity contribution in [3.8, 4) is 6.07 Å². The average molecular weight is 549 g/mol. The van der Waals surface area contributed by atoms with Gasteiger partial charge in [-0.15, -0.1) is 11.3 Å². The Morgan fingerprint density at radius 3 is 2.67 bits per heavy atom. The SMILES string of the molecule is CC(C)(C)OC(=O)N[C@@H]1CCCN(c2nc3cc(C(=O)NC4CC4)sc3c(=O)n2Cc2ccccc2C#N)C1. The zero-order valence-electron chi connectivity index (χ0n) is 22.3. The van der Waals surface area contributed by atoms with Crippen molar-refractivity contribution in [2.24, 2.45) is 0 Å². The predicted molar refractivity (Wildman–Crippen MR) is 149 cm³/mol. The summed E-state index contributed by atoms with van der Waals surface area (Å²) in [5.41, 5.74) is 0.776. The number of piperidine rings is 1. The molecule has 1 aliphatic heterocycles. The van der Waals surface area contributed by atoms with Crippen LogP contribution in [0.25, 0.3) is 10.2 Å². The summed E-state index contributed by atoms with van der Waals surface area (Å²) in [5, 5.41) is 15.6. The van der Waals surface area contributed by atoms with E-state index in [9.17, 15) is 19.6 Å². The van der Waals surface area contributed by atoms with Crippen LogP contribution in [-0.2, 0) is 11.3 Å². The monoisotopic (exact) mass is 548 g/mol. The van der Waals surface area contributed by atoms with Crippen molar-refractivity contribution < 1.29 is 14.3 Å². The topological polar surface area (TPSA) is 129 Å². The summed E-state index contributed by atoms with van der Waals surface area (Å²) in [5.74, 6) is 0.255. The number of nitriles is 1. The number of aromatic nitrogens is 2. The van der Waals surface area contributed by atoms with Gasteiger partial charge in [0.05, 0.1) is 28.6 Å². The molecule has 2 aromatic heterocycles. The lowest BCUT2D eigenvalue weighted by Gasteiger charge is -2.35. The molecule has 1 aromatic carbocycles. The molecule has 1 aliphatic carbocycles. The zero-order chi connectivity index (χ0) is 27.7. The van der Waals surface area contributed by atoms with Gasteiger partial charge in [-0.05, 0) is 64.2 Å². The van der Waals surface area contributed by atoms with Crippen LogP contribution in [-0.4, -0.2) is 52.3 Å². The van der Waals surface area contributed by atoms with Crippen molar-refractivity contribution in [1.29, 1.82) is 5.26 Å². The Kier molecular flexibility index (Phi) is 7.32. The fraction of sp³-hybridized carbons (Fsp3) is 0.464. The van der Waals surface area contributed by atoms with Gasteiger partial charge in [0.2, 0.25) is 5.95 Å². The third-order valence-electron chi connectivity index (χ3n) is 6.64. The van der Waals surface area contributed by atoms with Crippen LogP contribution in [0.5, 0.6) is 0 Å². The van der Waals surface area contributed by atoms with Crippen LogP contribution in [0.1, 0.15) is 67.3 Å². The number of carbonyl (C=O) groups is 2. The van der Waals surface area contributed by atoms with Crippen LogP contribution >= 0.6 is 11.3 Å². The molecule has 0 unspecified atom stereocenters. The van der Waals surface area contributed by atoms with Gasteiger partial charge in [0, 0.05) is 25.2 Å². The molecule has 204 valence electrons. The summed E-state index contributed by atoms with van der Waals surface area (Å²) >= 11 is 1.14. The highest BCUT2D eigenvalue weighted by atomic mass is 32.1. The number of nitrogens with one attached hydrogen (secondary N) is 2. The van der Waals surface area contributed by atoms with Crippen molar-refractivity contribution in [2.75, 3.05) is 18.0 Å². The van der Waals surface area contributed by atoms with Crippen LogP contribution < -0.4 is 21.1 Å². The second kappa shape index (κ2) is 10.7. The second-order valence-electron chi connectivity index (χ2n) is 11.1. The van der Waals surface area contributed by atoms with Crippen molar-refractivity contribution in [2.45, 2.75) is 70.7 Å². The molecule has 1 saturated carbocycles. The fourth-order valence-corrected chi connectivity index (χ4v) is 5.62. The van der Waals surface area contributed by atoms with E-state index in [2.05, 4.69) is 16.7 Å². The smallest absolute Gasteiger partial charge is 0.407 e. The molecule has 2 amide bonds. The summed E-state index contributed by atoms with van der Waals surface area (Å²) in [6.07, 6.45) is 3.00. The Morgan fingerprint density at radius 1 is 1.18 bits per heavy atom. The number of amides is 2. The van der Waals surface area contributed by atoms with Gasteiger partial charge in [-0.2, -0.15) is 5.26 Å². The Bertz CT molecular complexity index is 1510. The maximum absolute atomic E-state index is 13.9. The Morgan fingerprint density at radius 2 is 1.95 bits per heavy atom. The average Bonchev–Trinajstić information content (AvgIpc) is 3.59. The molecule has 39 heavy (non-hydrogen) atoms. The summed E-state index contributed by atoms with van der Waals surface area (Å²) in [6, 6.07) is 11.1. The van der Waals surface area contributed by atoms with Gasteiger partial charge in [-0.25, -0.2) is 9.78 Å². The third-order valence-corrected chi connectivity index (χ3v) is 7.75. The predicted octanol–water partition coefficient (Wildman–Crippen LogP) is 3.76. The quantitative estimate of drug-likeness (QED) is 0.480. The number of nitrogens with zero attached hydrogens (tertiary/aromatic N) is 4. The maximum Gasteiger partial charge on any atom is 0.407 e.